The zero-order valence-electron chi connectivity index (χ0n) is 27.0. The van der Waals surface area contributed by atoms with E-state index in [2.05, 4.69) is 161 Å². The molecule has 0 fully saturated rings. The lowest BCUT2D eigenvalue weighted by Crippen LogP contribution is -2.03. The second-order valence-corrected chi connectivity index (χ2v) is 12.5. The van der Waals surface area contributed by atoms with Crippen molar-refractivity contribution in [3.05, 3.63) is 176 Å². The zero-order valence-corrected chi connectivity index (χ0v) is 27.0. The Hall–Kier alpha value is -6.85. The number of pyridine rings is 1. The number of para-hydroxylation sites is 2. The maximum Gasteiger partial charge on any atom is 0.235 e. The first-order valence-corrected chi connectivity index (χ1v) is 16.8. The van der Waals surface area contributed by atoms with E-state index in [1.807, 2.05) is 24.4 Å². The van der Waals surface area contributed by atoms with Gasteiger partial charge in [-0.15, -0.1) is 0 Å². The number of benzene rings is 6. The molecule has 0 aliphatic heterocycles. The number of rotatable bonds is 5. The van der Waals surface area contributed by atoms with Crippen LogP contribution in [0.2, 0.25) is 0 Å². The van der Waals surface area contributed by atoms with E-state index < -0.39 is 0 Å². The van der Waals surface area contributed by atoms with Gasteiger partial charge < -0.3 is 4.57 Å². The minimum atomic E-state index is 0.644. The summed E-state index contributed by atoms with van der Waals surface area (Å²) in [5.74, 6) is 0.644. The topological polar surface area (TPSA) is 48.5 Å². The van der Waals surface area contributed by atoms with Crippen LogP contribution in [0, 0.1) is 0 Å². The van der Waals surface area contributed by atoms with E-state index in [-0.39, 0.29) is 0 Å². The van der Waals surface area contributed by atoms with E-state index in [1.165, 1.54) is 0 Å². The van der Waals surface area contributed by atoms with Crippen LogP contribution >= 0.6 is 0 Å². The van der Waals surface area contributed by atoms with Gasteiger partial charge in [-0.2, -0.15) is 0 Å². The maximum absolute atomic E-state index is 5.19. The molecule has 4 aromatic heterocycles. The highest BCUT2D eigenvalue weighted by Gasteiger charge is 2.19. The van der Waals surface area contributed by atoms with Crippen molar-refractivity contribution in [2.45, 2.75) is 0 Å². The lowest BCUT2D eigenvalue weighted by molar-refractivity contribution is 0.995. The summed E-state index contributed by atoms with van der Waals surface area (Å²) in [6.45, 7) is 0. The van der Waals surface area contributed by atoms with Crippen LogP contribution in [0.5, 0.6) is 0 Å². The van der Waals surface area contributed by atoms with Crippen LogP contribution in [0.4, 0.5) is 0 Å². The summed E-state index contributed by atoms with van der Waals surface area (Å²) in [4.78, 5) is 15.2. The molecule has 0 bridgehead atoms. The molecule has 0 saturated heterocycles. The van der Waals surface area contributed by atoms with Crippen molar-refractivity contribution in [2.24, 2.45) is 0 Å². The third kappa shape index (κ3) is 4.52. The molecular weight excluding hydrogens is 611 g/mol. The fraction of sp³-hybridized carbons (Fsp3) is 0. The largest absolute Gasteiger partial charge is 0.308 e. The SMILES string of the molecule is c1ccc(-c2cc(-c3ccccc3)nc(-n3c4ccccc4c4cc(-c5ccc6c7ncccc7n(-c7ccccc7)c6c5)ccc43)n2)cc1. The van der Waals surface area contributed by atoms with E-state index >= 15 is 0 Å². The molecule has 10 rings (SSSR count). The van der Waals surface area contributed by atoms with Crippen LogP contribution in [-0.2, 0) is 0 Å². The van der Waals surface area contributed by atoms with Crippen LogP contribution < -0.4 is 0 Å². The monoisotopic (exact) mass is 639 g/mol. The summed E-state index contributed by atoms with van der Waals surface area (Å²) in [5.41, 5.74) is 12.6. The quantitative estimate of drug-likeness (QED) is 0.188. The molecule has 0 atom stereocenters. The van der Waals surface area contributed by atoms with Crippen LogP contribution in [0.15, 0.2) is 176 Å². The van der Waals surface area contributed by atoms with E-state index in [1.54, 1.807) is 0 Å². The van der Waals surface area contributed by atoms with Gasteiger partial charge >= 0.3 is 0 Å². The van der Waals surface area contributed by atoms with Crippen molar-refractivity contribution >= 4 is 43.7 Å². The van der Waals surface area contributed by atoms with Crippen molar-refractivity contribution in [1.82, 2.24) is 24.1 Å². The summed E-state index contributed by atoms with van der Waals surface area (Å²) in [6.07, 6.45) is 1.87. The van der Waals surface area contributed by atoms with Gasteiger partial charge in [0, 0.05) is 39.2 Å². The van der Waals surface area contributed by atoms with E-state index in [0.29, 0.717) is 5.95 Å². The van der Waals surface area contributed by atoms with Gasteiger partial charge in [-0.05, 0) is 71.8 Å². The molecular formula is C45H29N5. The molecule has 0 amide bonds. The smallest absolute Gasteiger partial charge is 0.235 e. The lowest BCUT2D eigenvalue weighted by atomic mass is 10.0. The Labute approximate surface area is 288 Å². The molecule has 0 radical (unpaired) electrons. The first-order chi connectivity index (χ1) is 24.8. The van der Waals surface area contributed by atoms with E-state index in [9.17, 15) is 0 Å². The Balaban J connectivity index is 1.18. The van der Waals surface area contributed by atoms with E-state index in [0.717, 1.165) is 83.1 Å². The molecule has 50 heavy (non-hydrogen) atoms. The lowest BCUT2D eigenvalue weighted by Gasteiger charge is -2.12. The predicted molar refractivity (Wildman–Crippen MR) is 205 cm³/mol. The first-order valence-electron chi connectivity index (χ1n) is 16.8. The Bertz CT molecular complexity index is 2800. The Morgan fingerprint density at radius 1 is 0.360 bits per heavy atom. The van der Waals surface area contributed by atoms with Crippen molar-refractivity contribution in [2.75, 3.05) is 0 Å². The fourth-order valence-electron chi connectivity index (χ4n) is 7.28. The number of hydrogen-bond acceptors (Lipinski definition) is 3. The Kier molecular flexibility index (Phi) is 6.42. The van der Waals surface area contributed by atoms with Gasteiger partial charge in [-0.3, -0.25) is 9.55 Å². The maximum atomic E-state index is 5.19. The standard InChI is InChI=1S/C45H29N5/c1-4-13-30(14-5-1)38-29-39(31-15-6-2-7-16-31)48-45(47-38)50-40-20-11-10-19-35(40)37-27-32(23-25-41(37)50)33-22-24-36-43(28-33)49(34-17-8-3-9-18-34)42-21-12-26-46-44(36)42/h1-29H. The van der Waals surface area contributed by atoms with Crippen molar-refractivity contribution in [3.8, 4) is 45.3 Å². The average Bonchev–Trinajstić information content (AvgIpc) is 3.71. The van der Waals surface area contributed by atoms with Gasteiger partial charge in [0.15, 0.2) is 0 Å². The van der Waals surface area contributed by atoms with Gasteiger partial charge in [-0.25, -0.2) is 9.97 Å². The molecule has 0 spiro atoms. The van der Waals surface area contributed by atoms with Gasteiger partial charge in [0.2, 0.25) is 5.95 Å². The van der Waals surface area contributed by atoms with E-state index in [4.69, 9.17) is 15.0 Å². The zero-order chi connectivity index (χ0) is 33.0. The number of aromatic nitrogens is 5. The minimum Gasteiger partial charge on any atom is -0.308 e. The van der Waals surface area contributed by atoms with Gasteiger partial charge in [-0.1, -0.05) is 109 Å². The molecule has 10 aromatic rings. The first kappa shape index (κ1) is 28.2. The summed E-state index contributed by atoms with van der Waals surface area (Å²) in [5, 5.41) is 3.44. The molecule has 0 unspecified atom stereocenters. The Morgan fingerprint density at radius 2 is 0.960 bits per heavy atom. The molecule has 0 N–H and O–H groups in total. The predicted octanol–water partition coefficient (Wildman–Crippen LogP) is 11.1. The highest BCUT2D eigenvalue weighted by Crippen LogP contribution is 2.38. The second-order valence-electron chi connectivity index (χ2n) is 12.5. The van der Waals surface area contributed by atoms with Crippen molar-refractivity contribution in [1.29, 1.82) is 0 Å². The Morgan fingerprint density at radius 3 is 1.70 bits per heavy atom. The number of hydrogen-bond donors (Lipinski definition) is 0. The van der Waals surface area contributed by atoms with Crippen LogP contribution in [0.1, 0.15) is 0 Å². The highest BCUT2D eigenvalue weighted by atomic mass is 15.2. The average molecular weight is 640 g/mol. The third-order valence-corrected chi connectivity index (χ3v) is 9.59. The summed E-state index contributed by atoms with van der Waals surface area (Å²) < 4.78 is 4.52. The van der Waals surface area contributed by atoms with Crippen LogP contribution in [-0.4, -0.2) is 24.1 Å². The molecule has 0 saturated carbocycles. The summed E-state index contributed by atoms with van der Waals surface area (Å²) in [6, 6.07) is 59.4. The summed E-state index contributed by atoms with van der Waals surface area (Å²) in [7, 11) is 0. The molecule has 6 aromatic carbocycles. The molecule has 5 nitrogen and oxygen atoms in total. The molecule has 5 heteroatoms. The summed E-state index contributed by atoms with van der Waals surface area (Å²) >= 11 is 0. The van der Waals surface area contributed by atoms with Crippen LogP contribution in [0.25, 0.3) is 89.0 Å². The normalized spacial score (nSPS) is 11.6. The molecule has 234 valence electrons. The molecule has 0 aliphatic rings. The highest BCUT2D eigenvalue weighted by molar-refractivity contribution is 6.11. The van der Waals surface area contributed by atoms with Crippen LogP contribution in [0.3, 0.4) is 0 Å². The number of nitrogens with zero attached hydrogens (tertiary/aromatic N) is 5. The van der Waals surface area contributed by atoms with Gasteiger partial charge in [0.1, 0.15) is 0 Å². The molecule has 0 aliphatic carbocycles. The van der Waals surface area contributed by atoms with Crippen molar-refractivity contribution in [3.63, 3.8) is 0 Å². The van der Waals surface area contributed by atoms with Gasteiger partial charge in [0.05, 0.1) is 39.0 Å². The number of fused-ring (bicyclic) bond motifs is 6. The van der Waals surface area contributed by atoms with Crippen molar-refractivity contribution < 1.29 is 0 Å². The molecule has 4 heterocycles. The second kappa shape index (κ2) is 11.4. The third-order valence-electron chi connectivity index (χ3n) is 9.59. The van der Waals surface area contributed by atoms with Gasteiger partial charge in [0.25, 0.3) is 0 Å². The fourth-order valence-corrected chi connectivity index (χ4v) is 7.28. The minimum absolute atomic E-state index is 0.644.